The molecule has 1 N–H and O–H groups in total. The van der Waals surface area contributed by atoms with Crippen LogP contribution in [-0.4, -0.2) is 30.6 Å². The summed E-state index contributed by atoms with van der Waals surface area (Å²) in [6.07, 6.45) is -0.00344. The Hall–Kier alpha value is -2.90. The van der Waals surface area contributed by atoms with Gasteiger partial charge in [0.2, 0.25) is 0 Å². The molecule has 0 spiro atoms. The number of methoxy groups -OCH3 is 1. The van der Waals surface area contributed by atoms with Crippen LogP contribution in [0.15, 0.2) is 53.9 Å². The summed E-state index contributed by atoms with van der Waals surface area (Å²) in [5.41, 5.74) is 2.08. The number of carbonyl (C=O) groups excluding carboxylic acids is 2. The van der Waals surface area contributed by atoms with Crippen LogP contribution in [0.2, 0.25) is 5.02 Å². The summed E-state index contributed by atoms with van der Waals surface area (Å²) in [6.45, 7) is -0.371. The fourth-order valence-corrected chi connectivity index (χ4v) is 3.31. The van der Waals surface area contributed by atoms with Gasteiger partial charge in [-0.15, -0.1) is 11.3 Å². The van der Waals surface area contributed by atoms with Crippen LogP contribution < -0.4 is 10.1 Å². The molecule has 6 nitrogen and oxygen atoms in total. The molecule has 2 aromatic carbocycles. The molecule has 0 saturated heterocycles. The monoisotopic (exact) mass is 416 g/mol. The Bertz CT molecular complexity index is 972. The van der Waals surface area contributed by atoms with E-state index >= 15 is 0 Å². The van der Waals surface area contributed by atoms with Crippen molar-refractivity contribution in [3.05, 3.63) is 64.6 Å². The zero-order valence-corrected chi connectivity index (χ0v) is 16.5. The third-order valence-electron chi connectivity index (χ3n) is 3.69. The topological polar surface area (TPSA) is 77.5 Å². The number of hydrogen-bond donors (Lipinski definition) is 1. The van der Waals surface area contributed by atoms with Crippen LogP contribution in [0, 0.1) is 0 Å². The van der Waals surface area contributed by atoms with Gasteiger partial charge < -0.3 is 14.8 Å². The van der Waals surface area contributed by atoms with E-state index < -0.39 is 11.9 Å². The number of amides is 1. The largest absolute Gasteiger partial charge is 0.497 e. The van der Waals surface area contributed by atoms with Crippen LogP contribution in [0.1, 0.15) is 5.69 Å². The van der Waals surface area contributed by atoms with E-state index in [1.165, 1.54) is 11.3 Å². The number of halogens is 1. The van der Waals surface area contributed by atoms with Crippen molar-refractivity contribution in [2.24, 2.45) is 0 Å². The number of rotatable bonds is 7. The van der Waals surface area contributed by atoms with Crippen LogP contribution >= 0.6 is 22.9 Å². The Morgan fingerprint density at radius 2 is 1.96 bits per heavy atom. The number of esters is 1. The first-order valence-electron chi connectivity index (χ1n) is 8.33. The Morgan fingerprint density at radius 3 is 2.71 bits per heavy atom. The lowest BCUT2D eigenvalue weighted by Crippen LogP contribution is -2.21. The highest BCUT2D eigenvalue weighted by Gasteiger charge is 2.12. The van der Waals surface area contributed by atoms with Gasteiger partial charge in [-0.1, -0.05) is 29.8 Å². The van der Waals surface area contributed by atoms with Crippen LogP contribution in [-0.2, 0) is 20.7 Å². The van der Waals surface area contributed by atoms with Gasteiger partial charge in [0.1, 0.15) is 10.8 Å². The van der Waals surface area contributed by atoms with Crippen molar-refractivity contribution in [2.75, 3.05) is 19.0 Å². The van der Waals surface area contributed by atoms with Crippen molar-refractivity contribution in [1.82, 2.24) is 4.98 Å². The van der Waals surface area contributed by atoms with Gasteiger partial charge in [-0.05, 0) is 24.3 Å². The second-order valence-electron chi connectivity index (χ2n) is 5.77. The number of nitrogens with zero attached hydrogens (tertiary/aromatic N) is 1. The maximum absolute atomic E-state index is 12.0. The molecular weight excluding hydrogens is 400 g/mol. The van der Waals surface area contributed by atoms with E-state index in [4.69, 9.17) is 21.1 Å². The minimum absolute atomic E-state index is 0.00344. The minimum atomic E-state index is -0.520. The molecule has 0 aliphatic carbocycles. The molecule has 0 aliphatic rings. The summed E-state index contributed by atoms with van der Waals surface area (Å²) in [7, 11) is 1.54. The van der Waals surface area contributed by atoms with Gasteiger partial charge in [0.05, 0.1) is 19.2 Å². The molecule has 0 bridgehead atoms. The quantitative estimate of drug-likeness (QED) is 0.584. The highest BCUT2D eigenvalue weighted by molar-refractivity contribution is 7.13. The highest BCUT2D eigenvalue weighted by Crippen LogP contribution is 2.25. The maximum Gasteiger partial charge on any atom is 0.312 e. The third-order valence-corrected chi connectivity index (χ3v) is 4.88. The predicted octanol–water partition coefficient (Wildman–Crippen LogP) is 4.20. The molecule has 144 valence electrons. The fourth-order valence-electron chi connectivity index (χ4n) is 2.36. The smallest absolute Gasteiger partial charge is 0.312 e. The minimum Gasteiger partial charge on any atom is -0.497 e. The molecule has 0 fully saturated rings. The van der Waals surface area contributed by atoms with Crippen LogP contribution in [0.4, 0.5) is 5.69 Å². The van der Waals surface area contributed by atoms with E-state index in [0.717, 1.165) is 10.6 Å². The highest BCUT2D eigenvalue weighted by atomic mass is 35.5. The van der Waals surface area contributed by atoms with Crippen molar-refractivity contribution in [3.63, 3.8) is 0 Å². The van der Waals surface area contributed by atoms with Crippen molar-refractivity contribution in [2.45, 2.75) is 6.42 Å². The summed E-state index contributed by atoms with van der Waals surface area (Å²) in [5.74, 6) is -0.328. The molecule has 1 amide bonds. The van der Waals surface area contributed by atoms with E-state index in [9.17, 15) is 9.59 Å². The number of nitrogens with one attached hydrogen (secondary N) is 1. The zero-order chi connectivity index (χ0) is 19.9. The molecule has 0 unspecified atom stereocenters. The Morgan fingerprint density at radius 1 is 1.18 bits per heavy atom. The molecule has 8 heteroatoms. The molecular formula is C20H17ClN2O4S. The second-order valence-corrected chi connectivity index (χ2v) is 7.06. The first kappa shape index (κ1) is 19.9. The molecule has 1 heterocycles. The van der Waals surface area contributed by atoms with Crippen LogP contribution in [0.25, 0.3) is 10.6 Å². The van der Waals surface area contributed by atoms with Crippen molar-refractivity contribution in [1.29, 1.82) is 0 Å². The molecule has 28 heavy (non-hydrogen) atoms. The SMILES string of the molecule is COc1cccc(NC(=O)COC(=O)Cc2csc(-c3ccc(Cl)cc3)n2)c1. The lowest BCUT2D eigenvalue weighted by molar-refractivity contribution is -0.146. The maximum atomic E-state index is 12.0. The van der Waals surface area contributed by atoms with Gasteiger partial charge in [0.15, 0.2) is 6.61 Å². The molecule has 0 radical (unpaired) electrons. The van der Waals surface area contributed by atoms with E-state index in [1.807, 2.05) is 12.1 Å². The van der Waals surface area contributed by atoms with Crippen molar-refractivity contribution >= 4 is 40.5 Å². The number of ether oxygens (including phenoxy) is 2. The molecule has 0 saturated carbocycles. The summed E-state index contributed by atoms with van der Waals surface area (Å²) in [4.78, 5) is 28.3. The fraction of sp³-hybridized carbons (Fsp3) is 0.150. The van der Waals surface area contributed by atoms with E-state index in [1.54, 1.807) is 48.9 Å². The molecule has 0 atom stereocenters. The Labute approximate surface area is 171 Å². The van der Waals surface area contributed by atoms with Gasteiger partial charge in [0, 0.05) is 27.7 Å². The first-order chi connectivity index (χ1) is 13.5. The number of hydrogen-bond acceptors (Lipinski definition) is 6. The number of thiazole rings is 1. The van der Waals surface area contributed by atoms with Crippen molar-refractivity contribution < 1.29 is 19.1 Å². The van der Waals surface area contributed by atoms with Crippen LogP contribution in [0.3, 0.4) is 0 Å². The van der Waals surface area contributed by atoms with E-state index in [-0.39, 0.29) is 13.0 Å². The second kappa shape index (κ2) is 9.34. The summed E-state index contributed by atoms with van der Waals surface area (Å²) in [5, 5.41) is 5.88. The number of benzene rings is 2. The predicted molar refractivity (Wildman–Crippen MR) is 109 cm³/mol. The van der Waals surface area contributed by atoms with Gasteiger partial charge in [-0.25, -0.2) is 4.98 Å². The normalized spacial score (nSPS) is 10.4. The lowest BCUT2D eigenvalue weighted by Gasteiger charge is -2.07. The summed E-state index contributed by atoms with van der Waals surface area (Å²) in [6, 6.07) is 14.2. The Balaban J connectivity index is 1.49. The molecule has 3 aromatic rings. The summed E-state index contributed by atoms with van der Waals surface area (Å²) < 4.78 is 10.1. The van der Waals surface area contributed by atoms with Gasteiger partial charge in [0.25, 0.3) is 5.91 Å². The van der Waals surface area contributed by atoms with Crippen LogP contribution in [0.5, 0.6) is 5.75 Å². The van der Waals surface area contributed by atoms with Gasteiger partial charge in [-0.3, -0.25) is 9.59 Å². The standard InChI is InChI=1S/C20H17ClN2O4S/c1-26-17-4-2-3-15(9-17)22-18(24)11-27-19(25)10-16-12-28-20(23-16)13-5-7-14(21)8-6-13/h2-9,12H,10-11H2,1H3,(H,22,24). The zero-order valence-electron chi connectivity index (χ0n) is 15.0. The van der Waals surface area contributed by atoms with E-state index in [0.29, 0.717) is 22.2 Å². The number of anilines is 1. The molecule has 1 aromatic heterocycles. The summed E-state index contributed by atoms with van der Waals surface area (Å²) >= 11 is 7.31. The van der Waals surface area contributed by atoms with E-state index in [2.05, 4.69) is 10.3 Å². The third kappa shape index (κ3) is 5.55. The van der Waals surface area contributed by atoms with Crippen molar-refractivity contribution in [3.8, 4) is 16.3 Å². The molecule has 0 aliphatic heterocycles. The first-order valence-corrected chi connectivity index (χ1v) is 9.59. The lowest BCUT2D eigenvalue weighted by atomic mass is 10.2. The number of aromatic nitrogens is 1. The van der Waals surface area contributed by atoms with Gasteiger partial charge >= 0.3 is 5.97 Å². The van der Waals surface area contributed by atoms with Gasteiger partial charge in [-0.2, -0.15) is 0 Å². The average Bonchev–Trinajstić information content (AvgIpc) is 3.15. The Kier molecular flexibility index (Phi) is 6.62. The average molecular weight is 417 g/mol. The number of carbonyl (C=O) groups is 2. The molecule has 3 rings (SSSR count).